The van der Waals surface area contributed by atoms with E-state index in [0.29, 0.717) is 32.4 Å². The van der Waals surface area contributed by atoms with E-state index in [2.05, 4.69) is 5.32 Å². The van der Waals surface area contributed by atoms with E-state index in [4.69, 9.17) is 4.74 Å². The predicted molar refractivity (Wildman–Crippen MR) is 145 cm³/mol. The molecule has 190 valence electrons. The number of nitrogens with zero attached hydrogens (tertiary/aromatic N) is 1. The Balaban J connectivity index is 1.81. The van der Waals surface area contributed by atoms with Crippen LogP contribution >= 0.6 is 0 Å². The first kappa shape index (κ1) is 27.0. The highest BCUT2D eigenvalue weighted by molar-refractivity contribution is 5.88. The molecule has 36 heavy (non-hydrogen) atoms. The van der Waals surface area contributed by atoms with Crippen LogP contribution in [0.5, 0.6) is 5.75 Å². The van der Waals surface area contributed by atoms with Crippen LogP contribution in [0.2, 0.25) is 0 Å². The largest absolute Gasteiger partial charge is 0.494 e. The van der Waals surface area contributed by atoms with Crippen molar-refractivity contribution in [3.63, 3.8) is 0 Å². The van der Waals surface area contributed by atoms with Gasteiger partial charge in [-0.1, -0.05) is 78.4 Å². The average Bonchev–Trinajstić information content (AvgIpc) is 2.85. The lowest BCUT2D eigenvalue weighted by Gasteiger charge is -2.34. The maximum Gasteiger partial charge on any atom is 0.243 e. The highest BCUT2D eigenvalue weighted by Crippen LogP contribution is 2.18. The average molecular weight is 487 g/mol. The third-order valence-corrected chi connectivity index (χ3v) is 5.79. The Bertz CT molecular complexity index is 1090. The van der Waals surface area contributed by atoms with Gasteiger partial charge in [-0.15, -0.1) is 0 Å². The van der Waals surface area contributed by atoms with Gasteiger partial charge in [-0.05, 0) is 57.4 Å². The highest BCUT2D eigenvalue weighted by atomic mass is 16.5. The molecule has 2 amide bonds. The molecule has 0 fully saturated rings. The van der Waals surface area contributed by atoms with E-state index >= 15 is 0 Å². The summed E-state index contributed by atoms with van der Waals surface area (Å²) < 4.78 is 5.79. The Labute approximate surface area is 215 Å². The minimum absolute atomic E-state index is 0.0581. The third kappa shape index (κ3) is 8.88. The fourth-order valence-electron chi connectivity index (χ4n) is 3.97. The Morgan fingerprint density at radius 1 is 0.861 bits per heavy atom. The van der Waals surface area contributed by atoms with Crippen molar-refractivity contribution in [1.29, 1.82) is 0 Å². The van der Waals surface area contributed by atoms with Crippen LogP contribution in [0.15, 0.2) is 84.9 Å². The van der Waals surface area contributed by atoms with Crippen LogP contribution in [0.1, 0.15) is 50.3 Å². The van der Waals surface area contributed by atoms with Gasteiger partial charge >= 0.3 is 0 Å². The van der Waals surface area contributed by atoms with Crippen LogP contribution in [0, 0.1) is 6.92 Å². The third-order valence-electron chi connectivity index (χ3n) is 5.79. The fourth-order valence-corrected chi connectivity index (χ4v) is 3.97. The van der Waals surface area contributed by atoms with Gasteiger partial charge < -0.3 is 15.0 Å². The summed E-state index contributed by atoms with van der Waals surface area (Å²) >= 11 is 0. The van der Waals surface area contributed by atoms with Crippen molar-refractivity contribution in [1.82, 2.24) is 10.2 Å². The van der Waals surface area contributed by atoms with Crippen LogP contribution in [-0.2, 0) is 22.6 Å². The van der Waals surface area contributed by atoms with E-state index in [-0.39, 0.29) is 11.8 Å². The molecule has 0 aliphatic heterocycles. The number of benzene rings is 3. The maximum atomic E-state index is 13.6. The van der Waals surface area contributed by atoms with E-state index < -0.39 is 11.6 Å². The minimum atomic E-state index is -0.629. The topological polar surface area (TPSA) is 58.6 Å². The summed E-state index contributed by atoms with van der Waals surface area (Å²) in [4.78, 5) is 28.9. The second-order valence-electron chi connectivity index (χ2n) is 10.2. The summed E-state index contributed by atoms with van der Waals surface area (Å²) in [5.41, 5.74) is 2.76. The monoisotopic (exact) mass is 486 g/mol. The van der Waals surface area contributed by atoms with Crippen molar-refractivity contribution in [3.05, 3.63) is 102 Å². The first-order chi connectivity index (χ1) is 17.2. The van der Waals surface area contributed by atoms with Crippen molar-refractivity contribution < 1.29 is 14.3 Å². The molecule has 3 aromatic rings. The first-order valence-electron chi connectivity index (χ1n) is 12.6. The molecule has 0 saturated carbocycles. The molecule has 0 spiro atoms. The molecule has 0 aliphatic rings. The molecule has 1 atom stereocenters. The zero-order chi connectivity index (χ0) is 26.0. The minimum Gasteiger partial charge on any atom is -0.494 e. The molecule has 0 bridgehead atoms. The van der Waals surface area contributed by atoms with E-state index in [1.165, 1.54) is 0 Å². The number of nitrogens with one attached hydrogen (secondary N) is 1. The SMILES string of the molecule is Cc1ccc(CN(C(=O)CCCOc2ccccc2)[C@@H](Cc2ccccc2)C(=O)NC(C)(C)C)cc1. The van der Waals surface area contributed by atoms with Crippen molar-refractivity contribution in [2.24, 2.45) is 0 Å². The summed E-state index contributed by atoms with van der Waals surface area (Å²) in [7, 11) is 0. The van der Waals surface area contributed by atoms with Gasteiger partial charge in [0.25, 0.3) is 0 Å². The van der Waals surface area contributed by atoms with Gasteiger partial charge in [0.15, 0.2) is 0 Å². The number of carbonyl (C=O) groups excluding carboxylic acids is 2. The molecule has 0 heterocycles. The predicted octanol–water partition coefficient (Wildman–Crippen LogP) is 5.71. The lowest BCUT2D eigenvalue weighted by atomic mass is 10.00. The molecular formula is C31H38N2O3. The number of para-hydroxylation sites is 1. The van der Waals surface area contributed by atoms with E-state index in [1.807, 2.05) is 113 Å². The van der Waals surface area contributed by atoms with E-state index in [0.717, 1.165) is 22.4 Å². The van der Waals surface area contributed by atoms with Crippen molar-refractivity contribution in [2.45, 2.75) is 65.1 Å². The second-order valence-corrected chi connectivity index (χ2v) is 10.2. The summed E-state index contributed by atoms with van der Waals surface area (Å²) in [6.45, 7) is 8.71. The summed E-state index contributed by atoms with van der Waals surface area (Å²) in [5, 5.41) is 3.10. The number of hydrogen-bond donors (Lipinski definition) is 1. The smallest absolute Gasteiger partial charge is 0.243 e. The number of hydrogen-bond acceptors (Lipinski definition) is 3. The second kappa shape index (κ2) is 12.9. The molecule has 0 aliphatic carbocycles. The lowest BCUT2D eigenvalue weighted by molar-refractivity contribution is -0.142. The standard InChI is InChI=1S/C31H38N2O3/c1-24-17-19-26(20-18-24)23-33(29(34)16-11-21-36-27-14-9-6-10-15-27)28(30(35)32-31(2,3)4)22-25-12-7-5-8-13-25/h5-10,12-15,17-20,28H,11,16,21-23H2,1-4H3,(H,32,35)/t28-/m0/s1. The molecule has 5 nitrogen and oxygen atoms in total. The Hall–Kier alpha value is -3.60. The van der Waals surface area contributed by atoms with Gasteiger partial charge in [0.05, 0.1) is 6.61 Å². The molecule has 1 N–H and O–H groups in total. The number of rotatable bonds is 11. The zero-order valence-corrected chi connectivity index (χ0v) is 21.9. The molecule has 3 aromatic carbocycles. The van der Waals surface area contributed by atoms with Gasteiger partial charge in [-0.25, -0.2) is 0 Å². The van der Waals surface area contributed by atoms with Crippen LogP contribution in [0.3, 0.4) is 0 Å². The van der Waals surface area contributed by atoms with Crippen molar-refractivity contribution >= 4 is 11.8 Å². The van der Waals surface area contributed by atoms with Crippen LogP contribution < -0.4 is 10.1 Å². The number of amides is 2. The molecular weight excluding hydrogens is 448 g/mol. The maximum absolute atomic E-state index is 13.6. The summed E-state index contributed by atoms with van der Waals surface area (Å²) in [5.74, 6) is 0.581. The number of carbonyl (C=O) groups is 2. The summed E-state index contributed by atoms with van der Waals surface area (Å²) in [6.07, 6.45) is 1.31. The Kier molecular flexibility index (Phi) is 9.69. The summed E-state index contributed by atoms with van der Waals surface area (Å²) in [6, 6.07) is 26.9. The van der Waals surface area contributed by atoms with Gasteiger partial charge in [0, 0.05) is 24.9 Å². The Morgan fingerprint density at radius 2 is 1.47 bits per heavy atom. The van der Waals surface area contributed by atoms with E-state index in [9.17, 15) is 9.59 Å². The first-order valence-corrected chi connectivity index (χ1v) is 12.6. The molecule has 3 rings (SSSR count). The number of ether oxygens (including phenoxy) is 1. The molecule has 0 radical (unpaired) electrons. The van der Waals surface area contributed by atoms with Gasteiger partial charge in [0.1, 0.15) is 11.8 Å². The van der Waals surface area contributed by atoms with Gasteiger partial charge in [0.2, 0.25) is 11.8 Å². The van der Waals surface area contributed by atoms with Crippen LogP contribution in [-0.4, -0.2) is 34.9 Å². The van der Waals surface area contributed by atoms with Gasteiger partial charge in [-0.2, -0.15) is 0 Å². The molecule has 0 aromatic heterocycles. The molecule has 5 heteroatoms. The number of aryl methyl sites for hydroxylation is 1. The highest BCUT2D eigenvalue weighted by Gasteiger charge is 2.32. The zero-order valence-electron chi connectivity index (χ0n) is 21.9. The van der Waals surface area contributed by atoms with Crippen LogP contribution in [0.4, 0.5) is 0 Å². The van der Waals surface area contributed by atoms with Crippen LogP contribution in [0.25, 0.3) is 0 Å². The van der Waals surface area contributed by atoms with E-state index in [1.54, 1.807) is 4.90 Å². The van der Waals surface area contributed by atoms with Gasteiger partial charge in [-0.3, -0.25) is 9.59 Å². The Morgan fingerprint density at radius 3 is 2.08 bits per heavy atom. The molecule has 0 unspecified atom stereocenters. The quantitative estimate of drug-likeness (QED) is 0.353. The lowest BCUT2D eigenvalue weighted by Crippen LogP contribution is -2.54. The van der Waals surface area contributed by atoms with Crippen molar-refractivity contribution in [3.8, 4) is 5.75 Å². The van der Waals surface area contributed by atoms with Crippen molar-refractivity contribution in [2.75, 3.05) is 6.61 Å². The fraction of sp³-hybridized carbons (Fsp3) is 0.355. The molecule has 0 saturated heterocycles. The normalized spacial score (nSPS) is 12.0.